The molecule has 1 N–H and O–H groups in total. The van der Waals surface area contributed by atoms with Crippen LogP contribution in [0.2, 0.25) is 0 Å². The summed E-state index contributed by atoms with van der Waals surface area (Å²) in [5.74, 6) is 0.864. The lowest BCUT2D eigenvalue weighted by molar-refractivity contribution is 0.0439. The average molecular weight is 228 g/mol. The van der Waals surface area contributed by atoms with E-state index in [0.717, 1.165) is 38.2 Å². The monoisotopic (exact) mass is 228 g/mol. The number of nitrogens with zero attached hydrogens (tertiary/aromatic N) is 1. The van der Waals surface area contributed by atoms with Gasteiger partial charge in [0.2, 0.25) is 0 Å². The zero-order valence-electron chi connectivity index (χ0n) is 11.2. The van der Waals surface area contributed by atoms with Gasteiger partial charge in [0, 0.05) is 19.7 Å². The van der Waals surface area contributed by atoms with Crippen molar-refractivity contribution in [3.05, 3.63) is 0 Å². The molecule has 0 amide bonds. The Morgan fingerprint density at radius 3 is 2.62 bits per heavy atom. The number of ether oxygens (including phenoxy) is 1. The van der Waals surface area contributed by atoms with Gasteiger partial charge in [0.25, 0.3) is 0 Å². The molecule has 0 saturated heterocycles. The van der Waals surface area contributed by atoms with Crippen LogP contribution in [0.15, 0.2) is 0 Å². The zero-order chi connectivity index (χ0) is 11.8. The zero-order valence-corrected chi connectivity index (χ0v) is 11.2. The number of methoxy groups -OCH3 is 1. The lowest BCUT2D eigenvalue weighted by Crippen LogP contribution is -2.51. The van der Waals surface area contributed by atoms with Crippen molar-refractivity contribution in [2.24, 2.45) is 5.92 Å². The van der Waals surface area contributed by atoms with Crippen molar-refractivity contribution in [3.8, 4) is 0 Å². The molecule has 0 heterocycles. The van der Waals surface area contributed by atoms with Gasteiger partial charge in [-0.1, -0.05) is 13.8 Å². The van der Waals surface area contributed by atoms with Crippen molar-refractivity contribution in [2.75, 3.05) is 39.9 Å². The van der Waals surface area contributed by atoms with Crippen LogP contribution in [0.4, 0.5) is 0 Å². The Kier molecular flexibility index (Phi) is 7.01. The van der Waals surface area contributed by atoms with Crippen LogP contribution in [0.3, 0.4) is 0 Å². The van der Waals surface area contributed by atoms with E-state index in [1.54, 1.807) is 7.11 Å². The third-order valence-corrected chi connectivity index (χ3v) is 3.67. The van der Waals surface area contributed by atoms with Gasteiger partial charge in [-0.25, -0.2) is 0 Å². The molecule has 1 rings (SSSR count). The molecule has 16 heavy (non-hydrogen) atoms. The minimum Gasteiger partial charge on any atom is -0.383 e. The second kappa shape index (κ2) is 8.04. The highest BCUT2D eigenvalue weighted by Crippen LogP contribution is 2.31. The average Bonchev–Trinajstić information content (AvgIpc) is 2.28. The summed E-state index contributed by atoms with van der Waals surface area (Å²) < 4.78 is 5.17. The Bertz CT molecular complexity index is 175. The van der Waals surface area contributed by atoms with Crippen molar-refractivity contribution < 1.29 is 4.74 Å². The van der Waals surface area contributed by atoms with Gasteiger partial charge < -0.3 is 10.1 Å². The fourth-order valence-electron chi connectivity index (χ4n) is 2.50. The molecule has 1 aliphatic rings. The van der Waals surface area contributed by atoms with Gasteiger partial charge >= 0.3 is 0 Å². The van der Waals surface area contributed by atoms with Crippen LogP contribution in [-0.4, -0.2) is 50.8 Å². The summed E-state index contributed by atoms with van der Waals surface area (Å²) in [6.07, 6.45) is 4.00. The molecule has 0 radical (unpaired) electrons. The number of hydrogen-bond acceptors (Lipinski definition) is 3. The summed E-state index contributed by atoms with van der Waals surface area (Å²) in [7, 11) is 1.79. The van der Waals surface area contributed by atoms with Crippen molar-refractivity contribution in [2.45, 2.75) is 39.2 Å². The van der Waals surface area contributed by atoms with Crippen LogP contribution in [0.5, 0.6) is 0 Å². The van der Waals surface area contributed by atoms with E-state index in [1.807, 2.05) is 0 Å². The number of hydrogen-bond donors (Lipinski definition) is 1. The fraction of sp³-hybridized carbons (Fsp3) is 1.00. The molecule has 0 aromatic carbocycles. The predicted octanol–water partition coefficient (Wildman–Crippen LogP) is 1.73. The molecule has 3 nitrogen and oxygen atoms in total. The smallest absolute Gasteiger partial charge is 0.0589 e. The minimum absolute atomic E-state index is 0.796. The van der Waals surface area contributed by atoms with Gasteiger partial charge in [-0.05, 0) is 44.8 Å². The van der Waals surface area contributed by atoms with Crippen molar-refractivity contribution in [1.29, 1.82) is 0 Å². The van der Waals surface area contributed by atoms with Crippen LogP contribution in [0.1, 0.15) is 33.1 Å². The van der Waals surface area contributed by atoms with E-state index in [1.165, 1.54) is 25.8 Å². The van der Waals surface area contributed by atoms with Gasteiger partial charge in [-0.2, -0.15) is 0 Å². The van der Waals surface area contributed by atoms with Crippen molar-refractivity contribution >= 4 is 0 Å². The first-order chi connectivity index (χ1) is 7.83. The quantitative estimate of drug-likeness (QED) is 0.608. The molecule has 0 spiro atoms. The molecule has 3 heteroatoms. The number of likely N-dealkylation sites (N-methyl/N-ethyl adjacent to an activating group) is 1. The molecule has 0 bridgehead atoms. The standard InChI is InChI=1S/C13H28N2O/c1-4-8-14-11-12-6-7-13(12)15(5-2)9-10-16-3/h12-14H,4-11H2,1-3H3. The summed E-state index contributed by atoms with van der Waals surface area (Å²) in [4.78, 5) is 2.57. The van der Waals surface area contributed by atoms with E-state index in [9.17, 15) is 0 Å². The van der Waals surface area contributed by atoms with Gasteiger partial charge in [-0.15, -0.1) is 0 Å². The molecular weight excluding hydrogens is 200 g/mol. The van der Waals surface area contributed by atoms with E-state index in [-0.39, 0.29) is 0 Å². The Labute approximate surface area is 101 Å². The van der Waals surface area contributed by atoms with Crippen LogP contribution < -0.4 is 5.32 Å². The largest absolute Gasteiger partial charge is 0.383 e. The van der Waals surface area contributed by atoms with Crippen molar-refractivity contribution in [1.82, 2.24) is 10.2 Å². The van der Waals surface area contributed by atoms with Crippen LogP contribution in [0.25, 0.3) is 0 Å². The highest BCUT2D eigenvalue weighted by atomic mass is 16.5. The first-order valence-electron chi connectivity index (χ1n) is 6.77. The molecular formula is C13H28N2O. The van der Waals surface area contributed by atoms with Gasteiger partial charge in [-0.3, -0.25) is 4.90 Å². The molecule has 0 aromatic rings. The summed E-state index contributed by atoms with van der Waals surface area (Å²) in [5, 5.41) is 3.54. The Morgan fingerprint density at radius 2 is 2.12 bits per heavy atom. The van der Waals surface area contributed by atoms with E-state index in [0.29, 0.717) is 0 Å². The van der Waals surface area contributed by atoms with Crippen LogP contribution in [-0.2, 0) is 4.74 Å². The van der Waals surface area contributed by atoms with E-state index in [4.69, 9.17) is 4.74 Å². The molecule has 2 atom stereocenters. The molecule has 1 aliphatic carbocycles. The second-order valence-corrected chi connectivity index (χ2v) is 4.73. The summed E-state index contributed by atoms with van der Waals surface area (Å²) in [6, 6.07) is 0.796. The lowest BCUT2D eigenvalue weighted by atomic mass is 9.78. The summed E-state index contributed by atoms with van der Waals surface area (Å²) >= 11 is 0. The molecule has 2 unspecified atom stereocenters. The first kappa shape index (κ1) is 13.9. The number of nitrogens with one attached hydrogen (secondary N) is 1. The predicted molar refractivity (Wildman–Crippen MR) is 68.8 cm³/mol. The van der Waals surface area contributed by atoms with Crippen molar-refractivity contribution in [3.63, 3.8) is 0 Å². The summed E-state index contributed by atoms with van der Waals surface area (Å²) in [5.41, 5.74) is 0. The lowest BCUT2D eigenvalue weighted by Gasteiger charge is -2.44. The molecule has 1 saturated carbocycles. The Hall–Kier alpha value is -0.120. The Balaban J connectivity index is 2.22. The van der Waals surface area contributed by atoms with Gasteiger partial charge in [0.05, 0.1) is 6.61 Å². The maximum Gasteiger partial charge on any atom is 0.0589 e. The normalized spacial score (nSPS) is 24.8. The third-order valence-electron chi connectivity index (χ3n) is 3.67. The Morgan fingerprint density at radius 1 is 1.31 bits per heavy atom. The highest BCUT2D eigenvalue weighted by molar-refractivity contribution is 4.89. The van der Waals surface area contributed by atoms with E-state index >= 15 is 0 Å². The molecule has 0 aliphatic heterocycles. The van der Waals surface area contributed by atoms with Crippen LogP contribution in [0, 0.1) is 5.92 Å². The van der Waals surface area contributed by atoms with Crippen LogP contribution >= 0.6 is 0 Å². The summed E-state index contributed by atoms with van der Waals surface area (Å²) in [6.45, 7) is 9.93. The van der Waals surface area contributed by atoms with E-state index < -0.39 is 0 Å². The maximum atomic E-state index is 5.17. The topological polar surface area (TPSA) is 24.5 Å². The highest BCUT2D eigenvalue weighted by Gasteiger charge is 2.33. The number of rotatable bonds is 9. The molecule has 1 fully saturated rings. The SMILES string of the molecule is CCCNCC1CCC1N(CC)CCOC. The maximum absolute atomic E-state index is 5.17. The van der Waals surface area contributed by atoms with E-state index in [2.05, 4.69) is 24.1 Å². The minimum atomic E-state index is 0.796. The molecule has 0 aromatic heterocycles. The third kappa shape index (κ3) is 4.04. The first-order valence-corrected chi connectivity index (χ1v) is 6.77. The van der Waals surface area contributed by atoms with Gasteiger partial charge in [0.1, 0.15) is 0 Å². The molecule has 96 valence electrons. The second-order valence-electron chi connectivity index (χ2n) is 4.73. The van der Waals surface area contributed by atoms with Gasteiger partial charge in [0.15, 0.2) is 0 Å². The fourth-order valence-corrected chi connectivity index (χ4v) is 2.50.